The first-order valence-corrected chi connectivity index (χ1v) is 7.65. The standard InChI is InChI=1S/C16H21ClN2O3/c1-16(2,3)22-15(21)18-9-10-19(14(17)20)13(11-18)12-7-5-4-6-8-12/h4-8,13H,9-11H2,1-3H3/t13-/m0/s1. The van der Waals surface area contributed by atoms with Gasteiger partial charge in [-0.2, -0.15) is 0 Å². The summed E-state index contributed by atoms with van der Waals surface area (Å²) in [6.07, 6.45) is -0.366. The number of carbonyl (C=O) groups is 2. The van der Waals surface area contributed by atoms with E-state index in [-0.39, 0.29) is 12.1 Å². The molecule has 0 N–H and O–H groups in total. The number of rotatable bonds is 1. The predicted molar refractivity (Wildman–Crippen MR) is 84.9 cm³/mol. The minimum Gasteiger partial charge on any atom is -0.444 e. The van der Waals surface area contributed by atoms with Gasteiger partial charge in [-0.1, -0.05) is 30.3 Å². The molecule has 0 aromatic heterocycles. The van der Waals surface area contributed by atoms with Gasteiger partial charge < -0.3 is 14.5 Å². The molecule has 1 aromatic rings. The van der Waals surface area contributed by atoms with Gasteiger partial charge in [0.25, 0.3) is 0 Å². The Labute approximate surface area is 135 Å². The third-order valence-corrected chi connectivity index (χ3v) is 3.66. The maximum absolute atomic E-state index is 12.2. The fourth-order valence-electron chi connectivity index (χ4n) is 2.45. The maximum atomic E-state index is 12.2. The third kappa shape index (κ3) is 4.13. The first kappa shape index (κ1) is 16.6. The van der Waals surface area contributed by atoms with Gasteiger partial charge in [-0.15, -0.1) is 0 Å². The average Bonchev–Trinajstić information content (AvgIpc) is 2.45. The van der Waals surface area contributed by atoms with Gasteiger partial charge in [0, 0.05) is 19.6 Å². The van der Waals surface area contributed by atoms with Crippen molar-refractivity contribution in [3.05, 3.63) is 35.9 Å². The SMILES string of the molecule is CC(C)(C)OC(=O)N1CCN(C(=O)Cl)[C@H](c2ccccc2)C1. The van der Waals surface area contributed by atoms with Crippen molar-refractivity contribution in [1.29, 1.82) is 0 Å². The highest BCUT2D eigenvalue weighted by Gasteiger charge is 2.34. The number of ether oxygens (including phenoxy) is 1. The van der Waals surface area contributed by atoms with Gasteiger partial charge >= 0.3 is 11.5 Å². The first-order valence-electron chi connectivity index (χ1n) is 7.27. The van der Waals surface area contributed by atoms with E-state index >= 15 is 0 Å². The van der Waals surface area contributed by atoms with Crippen LogP contribution in [-0.4, -0.2) is 46.5 Å². The summed E-state index contributed by atoms with van der Waals surface area (Å²) in [6.45, 7) is 6.67. The molecule has 1 fully saturated rings. The van der Waals surface area contributed by atoms with Crippen molar-refractivity contribution in [1.82, 2.24) is 9.80 Å². The average molecular weight is 325 g/mol. The summed E-state index contributed by atoms with van der Waals surface area (Å²) in [4.78, 5) is 27.1. The highest BCUT2D eigenvalue weighted by molar-refractivity contribution is 6.62. The molecule has 0 spiro atoms. The van der Waals surface area contributed by atoms with Crippen LogP contribution in [0.4, 0.5) is 9.59 Å². The van der Waals surface area contributed by atoms with Gasteiger partial charge in [0.15, 0.2) is 0 Å². The van der Waals surface area contributed by atoms with E-state index < -0.39 is 11.0 Å². The Balaban J connectivity index is 2.17. The monoisotopic (exact) mass is 324 g/mol. The zero-order valence-electron chi connectivity index (χ0n) is 13.1. The molecule has 22 heavy (non-hydrogen) atoms. The fraction of sp³-hybridized carbons (Fsp3) is 0.500. The molecule has 0 radical (unpaired) electrons. The Bertz CT molecular complexity index is 542. The second-order valence-corrected chi connectivity index (χ2v) is 6.62. The summed E-state index contributed by atoms with van der Waals surface area (Å²) in [5.74, 6) is 0. The van der Waals surface area contributed by atoms with Crippen molar-refractivity contribution < 1.29 is 14.3 Å². The molecule has 6 heteroatoms. The van der Waals surface area contributed by atoms with Crippen molar-refractivity contribution in [2.24, 2.45) is 0 Å². The summed E-state index contributed by atoms with van der Waals surface area (Å²) >= 11 is 5.69. The second kappa shape index (κ2) is 6.57. The number of hydrogen-bond acceptors (Lipinski definition) is 3. The summed E-state index contributed by atoms with van der Waals surface area (Å²) < 4.78 is 5.41. The minimum atomic E-state index is -0.543. The molecule has 120 valence electrons. The number of benzene rings is 1. The van der Waals surface area contributed by atoms with Gasteiger partial charge in [-0.05, 0) is 37.9 Å². The zero-order valence-corrected chi connectivity index (χ0v) is 13.8. The molecule has 1 aliphatic rings. The van der Waals surface area contributed by atoms with Gasteiger partial charge in [-0.25, -0.2) is 4.79 Å². The lowest BCUT2D eigenvalue weighted by Gasteiger charge is -2.40. The van der Waals surface area contributed by atoms with E-state index in [1.54, 1.807) is 9.80 Å². The number of hydrogen-bond donors (Lipinski definition) is 0. The van der Waals surface area contributed by atoms with Crippen LogP contribution in [0.3, 0.4) is 0 Å². The van der Waals surface area contributed by atoms with E-state index in [1.807, 2.05) is 51.1 Å². The summed E-state index contributed by atoms with van der Waals surface area (Å²) in [7, 11) is 0. The lowest BCUT2D eigenvalue weighted by molar-refractivity contribution is 0.0101. The largest absolute Gasteiger partial charge is 0.444 e. The first-order chi connectivity index (χ1) is 10.3. The van der Waals surface area contributed by atoms with Gasteiger partial charge in [0.1, 0.15) is 5.60 Å². The molecule has 0 aliphatic carbocycles. The molecule has 0 saturated carbocycles. The van der Waals surface area contributed by atoms with Gasteiger partial charge in [0.05, 0.1) is 6.04 Å². The van der Waals surface area contributed by atoms with E-state index in [0.717, 1.165) is 5.56 Å². The van der Waals surface area contributed by atoms with Crippen LogP contribution in [0, 0.1) is 0 Å². The van der Waals surface area contributed by atoms with E-state index in [1.165, 1.54) is 0 Å². The molecule has 2 amide bonds. The van der Waals surface area contributed by atoms with Crippen molar-refractivity contribution in [2.75, 3.05) is 19.6 Å². The zero-order chi connectivity index (χ0) is 16.3. The number of halogens is 1. The van der Waals surface area contributed by atoms with Crippen LogP contribution < -0.4 is 0 Å². The summed E-state index contributed by atoms with van der Waals surface area (Å²) in [6, 6.07) is 9.31. The molecule has 1 aliphatic heterocycles. The lowest BCUT2D eigenvalue weighted by atomic mass is 10.0. The van der Waals surface area contributed by atoms with E-state index in [9.17, 15) is 9.59 Å². The van der Waals surface area contributed by atoms with Crippen LogP contribution in [0.25, 0.3) is 0 Å². The lowest BCUT2D eigenvalue weighted by Crippen LogP contribution is -2.52. The Hall–Kier alpha value is -1.75. The highest BCUT2D eigenvalue weighted by Crippen LogP contribution is 2.27. The number of carbonyl (C=O) groups excluding carboxylic acids is 2. The smallest absolute Gasteiger partial charge is 0.410 e. The number of nitrogens with zero attached hydrogens (tertiary/aromatic N) is 2. The molecule has 1 heterocycles. The van der Waals surface area contributed by atoms with Crippen molar-refractivity contribution in [3.8, 4) is 0 Å². The molecule has 1 aromatic carbocycles. The minimum absolute atomic E-state index is 0.257. The Morgan fingerprint density at radius 3 is 2.36 bits per heavy atom. The third-order valence-electron chi connectivity index (χ3n) is 3.44. The van der Waals surface area contributed by atoms with E-state index in [0.29, 0.717) is 19.6 Å². The van der Waals surface area contributed by atoms with Crippen LogP contribution in [0.2, 0.25) is 0 Å². The Morgan fingerprint density at radius 2 is 1.82 bits per heavy atom. The van der Waals surface area contributed by atoms with Gasteiger partial charge in [0.2, 0.25) is 0 Å². The predicted octanol–water partition coefficient (Wildman–Crippen LogP) is 3.64. The van der Waals surface area contributed by atoms with E-state index in [2.05, 4.69) is 0 Å². The van der Waals surface area contributed by atoms with Crippen LogP contribution in [0.1, 0.15) is 32.4 Å². The fourth-order valence-corrected chi connectivity index (χ4v) is 2.65. The molecule has 1 atom stereocenters. The molecule has 1 saturated heterocycles. The Kier molecular flexibility index (Phi) is 4.96. The molecule has 0 bridgehead atoms. The highest BCUT2D eigenvalue weighted by atomic mass is 35.5. The molecule has 0 unspecified atom stereocenters. The summed E-state index contributed by atoms with van der Waals surface area (Å²) in [5.41, 5.74) is 0.406. The van der Waals surface area contributed by atoms with Crippen LogP contribution in [0.15, 0.2) is 30.3 Å². The number of amides is 2. The normalized spacial score (nSPS) is 19.0. The second-order valence-electron chi connectivity index (χ2n) is 6.30. The molecule has 5 nitrogen and oxygen atoms in total. The van der Waals surface area contributed by atoms with E-state index in [4.69, 9.17) is 16.3 Å². The number of piperazine rings is 1. The van der Waals surface area contributed by atoms with Crippen LogP contribution in [-0.2, 0) is 4.74 Å². The van der Waals surface area contributed by atoms with Crippen LogP contribution in [0.5, 0.6) is 0 Å². The quantitative estimate of drug-likeness (QED) is 0.585. The van der Waals surface area contributed by atoms with Gasteiger partial charge in [-0.3, -0.25) is 4.79 Å². The molecular formula is C16H21ClN2O3. The summed E-state index contributed by atoms with van der Waals surface area (Å²) in [5, 5.41) is -0.502. The molecular weight excluding hydrogens is 304 g/mol. The van der Waals surface area contributed by atoms with Crippen molar-refractivity contribution >= 4 is 23.1 Å². The Morgan fingerprint density at radius 1 is 1.18 bits per heavy atom. The maximum Gasteiger partial charge on any atom is 0.410 e. The van der Waals surface area contributed by atoms with Crippen molar-refractivity contribution in [2.45, 2.75) is 32.4 Å². The molecule has 2 rings (SSSR count). The topological polar surface area (TPSA) is 49.9 Å². The van der Waals surface area contributed by atoms with Crippen molar-refractivity contribution in [3.63, 3.8) is 0 Å². The van der Waals surface area contributed by atoms with Crippen LogP contribution >= 0.6 is 11.6 Å².